The van der Waals surface area contributed by atoms with Crippen LogP contribution in [0, 0.1) is 23.2 Å². The Morgan fingerprint density at radius 3 is 2.69 bits per heavy atom. The average Bonchev–Trinajstić information content (AvgIpc) is 2.14. The summed E-state index contributed by atoms with van der Waals surface area (Å²) in [6.07, 6.45) is 0.353. The zero-order valence-electron chi connectivity index (χ0n) is 7.99. The van der Waals surface area contributed by atoms with Gasteiger partial charge in [0.05, 0.1) is 12.7 Å². The molecule has 0 aliphatic rings. The molecule has 0 bridgehead atoms. The van der Waals surface area contributed by atoms with E-state index in [1.165, 1.54) is 0 Å². The van der Waals surface area contributed by atoms with E-state index in [0.717, 1.165) is 0 Å². The molecule has 0 aliphatic heterocycles. The van der Waals surface area contributed by atoms with Crippen molar-refractivity contribution in [2.75, 3.05) is 13.2 Å². The predicted molar refractivity (Wildman–Crippen MR) is 46.6 cm³/mol. The Morgan fingerprint density at radius 2 is 2.31 bits per heavy atom. The first-order chi connectivity index (χ1) is 6.15. The van der Waals surface area contributed by atoms with Gasteiger partial charge in [-0.1, -0.05) is 6.92 Å². The number of rotatable bonds is 5. The molecule has 4 nitrogen and oxygen atoms in total. The summed E-state index contributed by atoms with van der Waals surface area (Å²) in [5, 5.41) is 17.4. The lowest BCUT2D eigenvalue weighted by Gasteiger charge is -2.11. The van der Waals surface area contributed by atoms with Gasteiger partial charge in [0.2, 0.25) is 0 Å². The van der Waals surface area contributed by atoms with Crippen LogP contribution >= 0.6 is 0 Å². The number of hydrogen-bond donors (Lipinski definition) is 1. The Kier molecular flexibility index (Phi) is 5.90. The van der Waals surface area contributed by atoms with Gasteiger partial charge in [-0.3, -0.25) is 4.79 Å². The highest BCUT2D eigenvalue weighted by Crippen LogP contribution is 2.12. The third-order valence-corrected chi connectivity index (χ3v) is 1.68. The van der Waals surface area contributed by atoms with Gasteiger partial charge in [0, 0.05) is 6.61 Å². The lowest BCUT2D eigenvalue weighted by Crippen LogP contribution is -2.19. The Balaban J connectivity index is 4.04. The third kappa shape index (κ3) is 4.48. The van der Waals surface area contributed by atoms with Crippen molar-refractivity contribution in [1.82, 2.24) is 0 Å². The fraction of sp³-hybridized carbons (Fsp3) is 0.778. The minimum Gasteiger partial charge on any atom is -0.465 e. The summed E-state index contributed by atoms with van der Waals surface area (Å²) >= 11 is 0. The standard InChI is InChI=1S/C9H15NO3/c1-3-13-9(12)8(5-10)4-7(2)6-11/h7-8,11H,3-4,6H2,1-2H3. The Labute approximate surface area is 78.1 Å². The van der Waals surface area contributed by atoms with Crippen LogP contribution in [0.15, 0.2) is 0 Å². The van der Waals surface area contributed by atoms with Crippen molar-refractivity contribution < 1.29 is 14.6 Å². The lowest BCUT2D eigenvalue weighted by atomic mass is 9.98. The van der Waals surface area contributed by atoms with Crippen LogP contribution in [0.4, 0.5) is 0 Å². The van der Waals surface area contributed by atoms with E-state index in [0.29, 0.717) is 6.42 Å². The van der Waals surface area contributed by atoms with Gasteiger partial charge in [0.1, 0.15) is 5.92 Å². The normalized spacial score (nSPS) is 14.3. The first-order valence-corrected chi connectivity index (χ1v) is 4.32. The predicted octanol–water partition coefficient (Wildman–Crippen LogP) is 0.708. The lowest BCUT2D eigenvalue weighted by molar-refractivity contribution is -0.146. The van der Waals surface area contributed by atoms with Crippen LogP contribution in [0.5, 0.6) is 0 Å². The fourth-order valence-electron chi connectivity index (χ4n) is 0.921. The van der Waals surface area contributed by atoms with Crippen molar-refractivity contribution in [3.63, 3.8) is 0 Å². The Bertz CT molecular complexity index is 198. The Morgan fingerprint density at radius 1 is 1.69 bits per heavy atom. The summed E-state index contributed by atoms with van der Waals surface area (Å²) < 4.78 is 4.70. The summed E-state index contributed by atoms with van der Waals surface area (Å²) in [5.74, 6) is -1.29. The zero-order valence-corrected chi connectivity index (χ0v) is 7.99. The molecule has 74 valence electrons. The molecule has 0 saturated heterocycles. The number of nitriles is 1. The summed E-state index contributed by atoms with van der Waals surface area (Å²) in [7, 11) is 0. The van der Waals surface area contributed by atoms with Gasteiger partial charge in [-0.05, 0) is 19.3 Å². The van der Waals surface area contributed by atoms with Crippen LogP contribution < -0.4 is 0 Å². The molecule has 0 radical (unpaired) electrons. The van der Waals surface area contributed by atoms with Crippen molar-refractivity contribution in [3.8, 4) is 6.07 Å². The van der Waals surface area contributed by atoms with E-state index in [1.807, 2.05) is 6.07 Å². The molecule has 0 aromatic rings. The number of carbonyl (C=O) groups is 1. The van der Waals surface area contributed by atoms with Crippen molar-refractivity contribution in [1.29, 1.82) is 5.26 Å². The van der Waals surface area contributed by atoms with E-state index >= 15 is 0 Å². The van der Waals surface area contributed by atoms with Crippen LogP contribution in [0.3, 0.4) is 0 Å². The number of ether oxygens (including phenoxy) is 1. The highest BCUT2D eigenvalue weighted by Gasteiger charge is 2.21. The van der Waals surface area contributed by atoms with Crippen molar-refractivity contribution in [3.05, 3.63) is 0 Å². The molecular weight excluding hydrogens is 170 g/mol. The van der Waals surface area contributed by atoms with Crippen LogP contribution in [0.1, 0.15) is 20.3 Å². The van der Waals surface area contributed by atoms with Crippen LogP contribution in [-0.4, -0.2) is 24.3 Å². The highest BCUT2D eigenvalue weighted by molar-refractivity contribution is 5.75. The van der Waals surface area contributed by atoms with E-state index in [9.17, 15) is 4.79 Å². The smallest absolute Gasteiger partial charge is 0.323 e. The second-order valence-electron chi connectivity index (χ2n) is 2.96. The largest absolute Gasteiger partial charge is 0.465 e. The maximum absolute atomic E-state index is 11.1. The maximum atomic E-state index is 11.1. The highest BCUT2D eigenvalue weighted by atomic mass is 16.5. The molecule has 1 N–H and O–H groups in total. The summed E-state index contributed by atoms with van der Waals surface area (Å²) in [4.78, 5) is 11.1. The van der Waals surface area contributed by atoms with Gasteiger partial charge < -0.3 is 9.84 Å². The van der Waals surface area contributed by atoms with Crippen molar-refractivity contribution >= 4 is 5.97 Å². The minimum atomic E-state index is -0.748. The average molecular weight is 185 g/mol. The number of aliphatic hydroxyl groups is 1. The number of carbonyl (C=O) groups excluding carboxylic acids is 1. The van der Waals surface area contributed by atoms with Gasteiger partial charge in [-0.15, -0.1) is 0 Å². The first kappa shape index (κ1) is 11.9. The first-order valence-electron chi connectivity index (χ1n) is 4.32. The molecule has 2 atom stereocenters. The second-order valence-corrected chi connectivity index (χ2v) is 2.96. The Hall–Kier alpha value is -1.08. The molecule has 0 aromatic heterocycles. The molecule has 0 rings (SSSR count). The fourth-order valence-corrected chi connectivity index (χ4v) is 0.921. The van der Waals surface area contributed by atoms with E-state index in [-0.39, 0.29) is 19.1 Å². The molecule has 4 heteroatoms. The van der Waals surface area contributed by atoms with Gasteiger partial charge in [-0.2, -0.15) is 5.26 Å². The summed E-state index contributed by atoms with van der Waals surface area (Å²) in [5.41, 5.74) is 0. The second kappa shape index (κ2) is 6.44. The minimum absolute atomic E-state index is 0.0163. The summed E-state index contributed by atoms with van der Waals surface area (Å²) in [6, 6.07) is 1.87. The molecule has 0 fully saturated rings. The van der Waals surface area contributed by atoms with Gasteiger partial charge >= 0.3 is 5.97 Å². The van der Waals surface area contributed by atoms with Gasteiger partial charge in [-0.25, -0.2) is 0 Å². The SMILES string of the molecule is CCOC(=O)C(C#N)CC(C)CO. The number of nitrogens with zero attached hydrogens (tertiary/aromatic N) is 1. The molecule has 0 saturated carbocycles. The van der Waals surface area contributed by atoms with Crippen molar-refractivity contribution in [2.45, 2.75) is 20.3 Å². The molecule has 0 heterocycles. The number of aliphatic hydroxyl groups excluding tert-OH is 1. The topological polar surface area (TPSA) is 70.3 Å². The molecular formula is C9H15NO3. The molecule has 13 heavy (non-hydrogen) atoms. The maximum Gasteiger partial charge on any atom is 0.323 e. The van der Waals surface area contributed by atoms with Gasteiger partial charge in [0.25, 0.3) is 0 Å². The van der Waals surface area contributed by atoms with Crippen molar-refractivity contribution in [2.24, 2.45) is 11.8 Å². The quantitative estimate of drug-likeness (QED) is 0.640. The monoisotopic (exact) mass is 185 g/mol. The molecule has 0 aromatic carbocycles. The van der Waals surface area contributed by atoms with Crippen LogP contribution in [0.2, 0.25) is 0 Å². The van der Waals surface area contributed by atoms with E-state index in [4.69, 9.17) is 15.1 Å². The van der Waals surface area contributed by atoms with E-state index < -0.39 is 11.9 Å². The third-order valence-electron chi connectivity index (χ3n) is 1.68. The molecule has 2 unspecified atom stereocenters. The van der Waals surface area contributed by atoms with Gasteiger partial charge in [0.15, 0.2) is 0 Å². The number of esters is 1. The summed E-state index contributed by atoms with van der Waals surface area (Å²) in [6.45, 7) is 3.74. The van der Waals surface area contributed by atoms with Crippen LogP contribution in [-0.2, 0) is 9.53 Å². The molecule has 0 spiro atoms. The van der Waals surface area contributed by atoms with Crippen LogP contribution in [0.25, 0.3) is 0 Å². The molecule has 0 aliphatic carbocycles. The zero-order chi connectivity index (χ0) is 10.3. The number of hydrogen-bond acceptors (Lipinski definition) is 4. The van der Waals surface area contributed by atoms with E-state index in [1.54, 1.807) is 13.8 Å². The molecule has 0 amide bonds. The van der Waals surface area contributed by atoms with E-state index in [2.05, 4.69) is 0 Å².